The van der Waals surface area contributed by atoms with Crippen LogP contribution in [0.25, 0.3) is 10.9 Å². The first-order valence-electron chi connectivity index (χ1n) is 9.91. The summed E-state index contributed by atoms with van der Waals surface area (Å²) in [4.78, 5) is 30.6. The molecule has 0 bridgehead atoms. The van der Waals surface area contributed by atoms with Crippen LogP contribution in [-0.4, -0.2) is 48.6 Å². The Morgan fingerprint density at radius 1 is 1.13 bits per heavy atom. The number of carbonyl (C=O) groups is 2. The normalized spacial score (nSPS) is 14.8. The SMILES string of the molecule is COC(=O)c1[nH]c2cc(OC)ccc2c1NC(=O)[C@@H](C)N1CCc2ccccc2C1. The molecule has 0 fully saturated rings. The average Bonchev–Trinajstić information content (AvgIpc) is 3.14. The molecule has 30 heavy (non-hydrogen) atoms. The van der Waals surface area contributed by atoms with E-state index in [1.165, 1.54) is 18.2 Å². The third-order valence-corrected chi connectivity index (χ3v) is 5.73. The maximum atomic E-state index is 13.1. The molecule has 0 unspecified atom stereocenters. The first-order valence-corrected chi connectivity index (χ1v) is 9.91. The van der Waals surface area contributed by atoms with Gasteiger partial charge in [0.1, 0.15) is 11.4 Å². The molecular formula is C23H25N3O4. The van der Waals surface area contributed by atoms with Gasteiger partial charge < -0.3 is 19.8 Å². The zero-order chi connectivity index (χ0) is 21.3. The molecule has 7 nitrogen and oxygen atoms in total. The van der Waals surface area contributed by atoms with Gasteiger partial charge in [0.15, 0.2) is 0 Å². The third-order valence-electron chi connectivity index (χ3n) is 5.73. The number of benzene rings is 2. The smallest absolute Gasteiger partial charge is 0.356 e. The van der Waals surface area contributed by atoms with E-state index < -0.39 is 5.97 Å². The molecule has 1 aliphatic rings. The average molecular weight is 407 g/mol. The lowest BCUT2D eigenvalue weighted by Crippen LogP contribution is -2.44. The van der Waals surface area contributed by atoms with E-state index in [4.69, 9.17) is 9.47 Å². The van der Waals surface area contributed by atoms with Gasteiger partial charge in [0.05, 0.1) is 31.5 Å². The van der Waals surface area contributed by atoms with Crippen LogP contribution in [0.1, 0.15) is 28.5 Å². The number of rotatable bonds is 5. The summed E-state index contributed by atoms with van der Waals surface area (Å²) in [5, 5.41) is 3.68. The van der Waals surface area contributed by atoms with Crippen molar-refractivity contribution in [2.45, 2.75) is 25.9 Å². The lowest BCUT2D eigenvalue weighted by atomic mass is 9.98. The number of aromatic amines is 1. The zero-order valence-electron chi connectivity index (χ0n) is 17.3. The Hall–Kier alpha value is -3.32. The molecule has 0 spiro atoms. The fourth-order valence-electron chi connectivity index (χ4n) is 3.93. The summed E-state index contributed by atoms with van der Waals surface area (Å²) < 4.78 is 10.2. The van der Waals surface area contributed by atoms with Crippen molar-refractivity contribution in [1.82, 2.24) is 9.88 Å². The van der Waals surface area contributed by atoms with Gasteiger partial charge in [0.2, 0.25) is 5.91 Å². The number of amides is 1. The molecule has 3 aromatic rings. The van der Waals surface area contributed by atoms with Crippen molar-refractivity contribution in [3.63, 3.8) is 0 Å². The minimum atomic E-state index is -0.542. The first kappa shape index (κ1) is 20.0. The van der Waals surface area contributed by atoms with Crippen molar-refractivity contribution in [2.24, 2.45) is 0 Å². The summed E-state index contributed by atoms with van der Waals surface area (Å²) >= 11 is 0. The van der Waals surface area contributed by atoms with Crippen LogP contribution in [0.4, 0.5) is 5.69 Å². The molecule has 1 atom stereocenters. The van der Waals surface area contributed by atoms with Crippen molar-refractivity contribution in [2.75, 3.05) is 26.1 Å². The molecule has 2 N–H and O–H groups in total. The molecule has 0 saturated heterocycles. The zero-order valence-corrected chi connectivity index (χ0v) is 17.3. The van der Waals surface area contributed by atoms with Crippen LogP contribution in [0, 0.1) is 0 Å². The molecule has 2 aromatic carbocycles. The topological polar surface area (TPSA) is 83.7 Å². The van der Waals surface area contributed by atoms with Crippen LogP contribution in [0.3, 0.4) is 0 Å². The maximum absolute atomic E-state index is 13.1. The van der Waals surface area contributed by atoms with Crippen LogP contribution in [0.2, 0.25) is 0 Å². The van der Waals surface area contributed by atoms with E-state index in [1.54, 1.807) is 19.2 Å². The van der Waals surface area contributed by atoms with Crippen molar-refractivity contribution in [1.29, 1.82) is 0 Å². The van der Waals surface area contributed by atoms with Gasteiger partial charge in [-0.05, 0) is 36.6 Å². The molecular weight excluding hydrogens is 382 g/mol. The van der Waals surface area contributed by atoms with Gasteiger partial charge in [-0.15, -0.1) is 0 Å². The summed E-state index contributed by atoms with van der Waals surface area (Å²) in [6.07, 6.45) is 0.911. The number of fused-ring (bicyclic) bond motifs is 2. The van der Waals surface area contributed by atoms with E-state index in [-0.39, 0.29) is 17.6 Å². The molecule has 2 heterocycles. The minimum Gasteiger partial charge on any atom is -0.497 e. The highest BCUT2D eigenvalue weighted by atomic mass is 16.5. The largest absolute Gasteiger partial charge is 0.497 e. The number of nitrogens with one attached hydrogen (secondary N) is 2. The van der Waals surface area contributed by atoms with Crippen molar-refractivity contribution < 1.29 is 19.1 Å². The fourth-order valence-corrected chi connectivity index (χ4v) is 3.93. The van der Waals surface area contributed by atoms with Gasteiger partial charge in [-0.25, -0.2) is 4.79 Å². The highest BCUT2D eigenvalue weighted by Crippen LogP contribution is 2.31. The molecule has 7 heteroatoms. The van der Waals surface area contributed by atoms with E-state index in [0.717, 1.165) is 24.9 Å². The van der Waals surface area contributed by atoms with E-state index in [1.807, 2.05) is 25.1 Å². The molecule has 1 aromatic heterocycles. The summed E-state index contributed by atoms with van der Waals surface area (Å²) in [5.74, 6) is -0.0605. The minimum absolute atomic E-state index is 0.170. The van der Waals surface area contributed by atoms with Crippen LogP contribution >= 0.6 is 0 Å². The number of hydrogen-bond donors (Lipinski definition) is 2. The van der Waals surface area contributed by atoms with Crippen molar-refractivity contribution in [3.05, 3.63) is 59.3 Å². The molecule has 4 rings (SSSR count). The number of H-pyrrole nitrogens is 1. The van der Waals surface area contributed by atoms with Gasteiger partial charge in [-0.2, -0.15) is 0 Å². The monoisotopic (exact) mass is 407 g/mol. The lowest BCUT2D eigenvalue weighted by molar-refractivity contribution is -0.121. The number of hydrogen-bond acceptors (Lipinski definition) is 5. The highest BCUT2D eigenvalue weighted by Gasteiger charge is 2.28. The van der Waals surface area contributed by atoms with Crippen LogP contribution in [0.15, 0.2) is 42.5 Å². The Morgan fingerprint density at radius 2 is 1.90 bits per heavy atom. The van der Waals surface area contributed by atoms with Crippen LogP contribution < -0.4 is 10.1 Å². The molecule has 1 amide bonds. The van der Waals surface area contributed by atoms with Gasteiger partial charge in [-0.1, -0.05) is 24.3 Å². The Balaban J connectivity index is 1.60. The van der Waals surface area contributed by atoms with E-state index in [0.29, 0.717) is 17.0 Å². The summed E-state index contributed by atoms with van der Waals surface area (Å²) in [7, 11) is 2.89. The Labute approximate surface area is 175 Å². The number of aromatic nitrogens is 1. The highest BCUT2D eigenvalue weighted by molar-refractivity contribution is 6.11. The third kappa shape index (κ3) is 3.64. The second-order valence-corrected chi connectivity index (χ2v) is 7.43. The fraction of sp³-hybridized carbons (Fsp3) is 0.304. The molecule has 1 aliphatic heterocycles. The summed E-state index contributed by atoms with van der Waals surface area (Å²) in [6.45, 7) is 3.42. The second kappa shape index (κ2) is 8.20. The predicted octanol–water partition coefficient (Wildman–Crippen LogP) is 3.35. The Kier molecular flexibility index (Phi) is 5.46. The van der Waals surface area contributed by atoms with Gasteiger partial charge in [-0.3, -0.25) is 9.69 Å². The van der Waals surface area contributed by atoms with Crippen molar-refractivity contribution >= 4 is 28.5 Å². The first-order chi connectivity index (χ1) is 14.5. The number of anilines is 1. The maximum Gasteiger partial charge on any atom is 0.356 e. The molecule has 0 saturated carbocycles. The van der Waals surface area contributed by atoms with Gasteiger partial charge >= 0.3 is 5.97 Å². The van der Waals surface area contributed by atoms with Crippen molar-refractivity contribution in [3.8, 4) is 5.75 Å². The number of esters is 1. The van der Waals surface area contributed by atoms with Gasteiger partial charge in [0.25, 0.3) is 0 Å². The molecule has 0 radical (unpaired) electrons. The van der Waals surface area contributed by atoms with E-state index in [2.05, 4.69) is 27.3 Å². The van der Waals surface area contributed by atoms with E-state index >= 15 is 0 Å². The summed E-state index contributed by atoms with van der Waals surface area (Å²) in [6, 6.07) is 13.3. The summed E-state index contributed by atoms with van der Waals surface area (Å²) in [5.41, 5.74) is 3.90. The van der Waals surface area contributed by atoms with E-state index in [9.17, 15) is 9.59 Å². The standard InChI is InChI=1S/C23H25N3O4/c1-14(26-11-10-15-6-4-5-7-16(15)13-26)22(27)25-20-18-9-8-17(29-2)12-19(18)24-21(20)23(28)30-3/h4-9,12,14,24H,10-11,13H2,1-3H3,(H,25,27)/t14-/m1/s1. The number of nitrogens with zero attached hydrogens (tertiary/aromatic N) is 1. The Bertz CT molecular complexity index is 1110. The quantitative estimate of drug-likeness (QED) is 0.634. The van der Waals surface area contributed by atoms with Crippen LogP contribution in [-0.2, 0) is 22.5 Å². The number of carbonyl (C=O) groups excluding carboxylic acids is 2. The van der Waals surface area contributed by atoms with Crippen LogP contribution in [0.5, 0.6) is 5.75 Å². The lowest BCUT2D eigenvalue weighted by Gasteiger charge is -2.32. The number of ether oxygens (including phenoxy) is 2. The Morgan fingerprint density at radius 3 is 2.63 bits per heavy atom. The van der Waals surface area contributed by atoms with Gasteiger partial charge in [0, 0.05) is 24.5 Å². The molecule has 156 valence electrons. The molecule has 0 aliphatic carbocycles. The predicted molar refractivity (Wildman–Crippen MR) is 115 cm³/mol. The second-order valence-electron chi connectivity index (χ2n) is 7.43. The number of methoxy groups -OCH3 is 2.